The number of amides is 2. The van der Waals surface area contributed by atoms with Crippen LogP contribution in [0.15, 0.2) is 23.1 Å². The highest BCUT2D eigenvalue weighted by Gasteiger charge is 2.39. The van der Waals surface area contributed by atoms with Gasteiger partial charge in [-0.15, -0.1) is 0 Å². The Labute approximate surface area is 145 Å². The Morgan fingerprint density at radius 3 is 2.44 bits per heavy atom. The molecule has 25 heavy (non-hydrogen) atoms. The van der Waals surface area contributed by atoms with Gasteiger partial charge in [0.25, 0.3) is 11.8 Å². The number of nitrogens with zero attached hydrogens (tertiary/aromatic N) is 2. The van der Waals surface area contributed by atoms with E-state index in [4.69, 9.17) is 0 Å². The molecular weight excluding hydrogens is 348 g/mol. The number of carboxylic acids is 1. The molecule has 0 saturated carbocycles. The molecule has 1 N–H and O–H groups in total. The van der Waals surface area contributed by atoms with Crippen molar-refractivity contribution in [2.45, 2.75) is 30.7 Å². The molecule has 1 aromatic rings. The topological polar surface area (TPSA) is 112 Å². The predicted octanol–water partition coefficient (Wildman–Crippen LogP) is 0.786. The van der Waals surface area contributed by atoms with Crippen molar-refractivity contribution in [3.63, 3.8) is 0 Å². The van der Waals surface area contributed by atoms with E-state index in [1.54, 1.807) is 6.92 Å². The summed E-state index contributed by atoms with van der Waals surface area (Å²) in [5, 5.41) is 9.19. The van der Waals surface area contributed by atoms with Crippen LogP contribution in [0.25, 0.3) is 0 Å². The fourth-order valence-electron chi connectivity index (χ4n) is 3.25. The summed E-state index contributed by atoms with van der Waals surface area (Å²) in [5.74, 6) is -2.80. The molecule has 3 rings (SSSR count). The van der Waals surface area contributed by atoms with Crippen LogP contribution in [0.5, 0.6) is 0 Å². The first kappa shape index (κ1) is 17.6. The van der Waals surface area contributed by atoms with E-state index in [0.717, 1.165) is 4.90 Å². The van der Waals surface area contributed by atoms with E-state index in [-0.39, 0.29) is 28.6 Å². The van der Waals surface area contributed by atoms with Crippen LogP contribution in [-0.4, -0.2) is 60.1 Å². The zero-order valence-corrected chi connectivity index (χ0v) is 14.6. The molecule has 2 aliphatic rings. The van der Waals surface area contributed by atoms with Gasteiger partial charge in [-0.2, -0.15) is 4.31 Å². The number of imide groups is 1. The van der Waals surface area contributed by atoms with E-state index in [2.05, 4.69) is 0 Å². The number of benzene rings is 1. The summed E-state index contributed by atoms with van der Waals surface area (Å²) in [4.78, 5) is 36.1. The first-order valence-electron chi connectivity index (χ1n) is 7.85. The largest absolute Gasteiger partial charge is 0.481 e. The maximum atomic E-state index is 13.0. The zero-order valence-electron chi connectivity index (χ0n) is 13.8. The van der Waals surface area contributed by atoms with Gasteiger partial charge in [0.2, 0.25) is 10.0 Å². The van der Waals surface area contributed by atoms with Crippen LogP contribution in [-0.2, 0) is 14.8 Å². The zero-order chi connectivity index (χ0) is 18.5. The molecule has 0 aromatic heterocycles. The van der Waals surface area contributed by atoms with Gasteiger partial charge in [0.05, 0.1) is 21.9 Å². The number of fused-ring (bicyclic) bond motifs is 1. The quantitative estimate of drug-likeness (QED) is 0.792. The van der Waals surface area contributed by atoms with Gasteiger partial charge in [-0.25, -0.2) is 8.42 Å². The Bertz CT molecular complexity index is 879. The van der Waals surface area contributed by atoms with Crippen molar-refractivity contribution in [2.24, 2.45) is 5.92 Å². The summed E-state index contributed by atoms with van der Waals surface area (Å²) in [6, 6.07) is 3.48. The molecule has 2 unspecified atom stereocenters. The molecule has 2 heterocycles. The Morgan fingerprint density at radius 1 is 1.16 bits per heavy atom. The summed E-state index contributed by atoms with van der Waals surface area (Å²) < 4.78 is 27.1. The molecule has 2 aliphatic heterocycles. The lowest BCUT2D eigenvalue weighted by molar-refractivity contribution is -0.143. The lowest BCUT2D eigenvalue weighted by Gasteiger charge is -2.35. The van der Waals surface area contributed by atoms with E-state index in [1.165, 1.54) is 29.6 Å². The summed E-state index contributed by atoms with van der Waals surface area (Å²) in [6.45, 7) is 1.62. The number of sulfonamides is 1. The van der Waals surface area contributed by atoms with Gasteiger partial charge in [0.15, 0.2) is 0 Å². The first-order valence-corrected chi connectivity index (χ1v) is 9.29. The Morgan fingerprint density at radius 2 is 1.80 bits per heavy atom. The lowest BCUT2D eigenvalue weighted by atomic mass is 9.96. The monoisotopic (exact) mass is 366 g/mol. The van der Waals surface area contributed by atoms with Crippen molar-refractivity contribution >= 4 is 27.8 Å². The molecule has 134 valence electrons. The summed E-state index contributed by atoms with van der Waals surface area (Å²) in [6.07, 6.45) is 0.867. The maximum absolute atomic E-state index is 13.0. The van der Waals surface area contributed by atoms with Crippen LogP contribution in [0.1, 0.15) is 40.5 Å². The Hall–Kier alpha value is -2.26. The number of carboxylic acid groups (broad SMARTS) is 1. The predicted molar refractivity (Wildman–Crippen MR) is 86.6 cm³/mol. The molecule has 2 atom stereocenters. The first-order chi connectivity index (χ1) is 11.6. The van der Waals surface area contributed by atoms with Gasteiger partial charge in [-0.3, -0.25) is 19.3 Å². The maximum Gasteiger partial charge on any atom is 0.307 e. The molecule has 0 spiro atoms. The van der Waals surface area contributed by atoms with Crippen LogP contribution in [0.4, 0.5) is 0 Å². The second-order valence-corrected chi connectivity index (χ2v) is 8.30. The SMILES string of the molecule is CC1CCC(C(=O)O)CN1S(=O)(=O)c1ccc2c(c1)C(=O)N(C)C2=O. The van der Waals surface area contributed by atoms with Gasteiger partial charge < -0.3 is 5.11 Å². The van der Waals surface area contributed by atoms with Gasteiger partial charge in [-0.05, 0) is 38.0 Å². The standard InChI is InChI=1S/C16H18N2O6S/c1-9-3-4-10(16(21)22)8-18(9)25(23,24)11-5-6-12-13(7-11)15(20)17(2)14(12)19/h5-7,9-10H,3-4,8H2,1-2H3,(H,21,22). The second kappa shape index (κ2) is 5.92. The van der Waals surface area contributed by atoms with E-state index >= 15 is 0 Å². The van der Waals surface area contributed by atoms with Crippen LogP contribution in [0.3, 0.4) is 0 Å². The molecule has 2 amide bonds. The normalized spacial score (nSPS) is 24.5. The molecule has 1 fully saturated rings. The molecule has 9 heteroatoms. The van der Waals surface area contributed by atoms with Gasteiger partial charge in [0, 0.05) is 19.6 Å². The van der Waals surface area contributed by atoms with Crippen LogP contribution in [0.2, 0.25) is 0 Å². The highest BCUT2D eigenvalue weighted by Crippen LogP contribution is 2.31. The number of piperidine rings is 1. The second-order valence-electron chi connectivity index (χ2n) is 6.41. The van der Waals surface area contributed by atoms with E-state index in [9.17, 15) is 27.9 Å². The van der Waals surface area contributed by atoms with Gasteiger partial charge in [-0.1, -0.05) is 0 Å². The molecule has 8 nitrogen and oxygen atoms in total. The van der Waals surface area contributed by atoms with Crippen molar-refractivity contribution in [1.29, 1.82) is 0 Å². The molecule has 1 saturated heterocycles. The van der Waals surface area contributed by atoms with E-state index < -0.39 is 33.7 Å². The van der Waals surface area contributed by atoms with Gasteiger partial charge >= 0.3 is 5.97 Å². The summed E-state index contributed by atoms with van der Waals surface area (Å²) in [5.41, 5.74) is 0.217. The third-order valence-electron chi connectivity index (χ3n) is 4.84. The minimum atomic E-state index is -3.97. The summed E-state index contributed by atoms with van der Waals surface area (Å²) >= 11 is 0. The lowest BCUT2D eigenvalue weighted by Crippen LogP contribution is -2.47. The van der Waals surface area contributed by atoms with Crippen molar-refractivity contribution < 1.29 is 27.9 Å². The number of hydrogen-bond acceptors (Lipinski definition) is 5. The smallest absolute Gasteiger partial charge is 0.307 e. The Balaban J connectivity index is 2.00. The number of rotatable bonds is 3. The molecule has 0 aliphatic carbocycles. The third kappa shape index (κ3) is 2.73. The minimum absolute atomic E-state index is 0.0491. The molecule has 1 aromatic carbocycles. The highest BCUT2D eigenvalue weighted by atomic mass is 32.2. The van der Waals surface area contributed by atoms with Gasteiger partial charge in [0.1, 0.15) is 0 Å². The molecule has 0 bridgehead atoms. The number of aliphatic carboxylic acids is 1. The average molecular weight is 366 g/mol. The van der Waals surface area contributed by atoms with Crippen LogP contribution >= 0.6 is 0 Å². The van der Waals surface area contributed by atoms with E-state index in [1.807, 2.05) is 0 Å². The van der Waals surface area contributed by atoms with Crippen molar-refractivity contribution in [2.75, 3.05) is 13.6 Å². The Kier molecular flexibility index (Phi) is 4.16. The van der Waals surface area contributed by atoms with Crippen LogP contribution in [0, 0.1) is 5.92 Å². The fraction of sp³-hybridized carbons (Fsp3) is 0.438. The molecule has 0 radical (unpaired) electrons. The number of carbonyl (C=O) groups is 3. The minimum Gasteiger partial charge on any atom is -0.481 e. The van der Waals surface area contributed by atoms with Crippen molar-refractivity contribution in [3.05, 3.63) is 29.3 Å². The van der Waals surface area contributed by atoms with Crippen molar-refractivity contribution in [1.82, 2.24) is 9.21 Å². The van der Waals surface area contributed by atoms with Crippen molar-refractivity contribution in [3.8, 4) is 0 Å². The number of hydrogen-bond donors (Lipinski definition) is 1. The third-order valence-corrected chi connectivity index (χ3v) is 6.82. The highest BCUT2D eigenvalue weighted by molar-refractivity contribution is 7.89. The molecular formula is C16H18N2O6S. The fourth-order valence-corrected chi connectivity index (χ4v) is 4.98. The van der Waals surface area contributed by atoms with E-state index in [0.29, 0.717) is 12.8 Å². The number of carbonyl (C=O) groups excluding carboxylic acids is 2. The van der Waals surface area contributed by atoms with Crippen LogP contribution < -0.4 is 0 Å². The average Bonchev–Trinajstić information content (AvgIpc) is 2.79. The summed E-state index contributed by atoms with van der Waals surface area (Å²) in [7, 11) is -2.63.